The molecule has 0 fully saturated rings. The second-order valence-corrected chi connectivity index (χ2v) is 5.53. The van der Waals surface area contributed by atoms with Gasteiger partial charge in [0.15, 0.2) is 0 Å². The van der Waals surface area contributed by atoms with E-state index in [1.54, 1.807) is 0 Å². The van der Waals surface area contributed by atoms with Crippen LogP contribution in [-0.4, -0.2) is 18.2 Å². The molecular weight excluding hydrogens is 202 g/mol. The van der Waals surface area contributed by atoms with Gasteiger partial charge < -0.3 is 5.32 Å². The summed E-state index contributed by atoms with van der Waals surface area (Å²) in [7, 11) is 0. The van der Waals surface area contributed by atoms with Crippen molar-refractivity contribution >= 4 is 12.1 Å². The Morgan fingerprint density at radius 2 is 2.25 bits per heavy atom. The van der Waals surface area contributed by atoms with Crippen LogP contribution < -0.4 is 10.7 Å². The maximum atomic E-state index is 11.8. The largest absolute Gasteiger partial charge is 0.349 e. The van der Waals surface area contributed by atoms with E-state index in [4.69, 9.17) is 0 Å². The van der Waals surface area contributed by atoms with Gasteiger partial charge in [0.05, 0.1) is 0 Å². The molecule has 2 N–H and O–H groups in total. The lowest BCUT2D eigenvalue weighted by atomic mass is 9.89. The van der Waals surface area contributed by atoms with Crippen molar-refractivity contribution in [3.8, 4) is 0 Å². The lowest BCUT2D eigenvalue weighted by molar-refractivity contribution is -0.129. The van der Waals surface area contributed by atoms with E-state index in [0.29, 0.717) is 5.92 Å². The van der Waals surface area contributed by atoms with Gasteiger partial charge in [0.2, 0.25) is 5.91 Å². The maximum absolute atomic E-state index is 11.8. The standard InChI is InChI=1S/C12H19N3O/c1-12(2,3)11(16)14-9-5-4-8-7-13-15-10(8)6-9/h6-9,15H,4-5H2,1-3H3,(H,14,16). The first-order chi connectivity index (χ1) is 7.47. The molecular formula is C12H19N3O. The zero-order valence-corrected chi connectivity index (χ0v) is 10.1. The number of hydrogen-bond acceptors (Lipinski definition) is 3. The monoisotopic (exact) mass is 221 g/mol. The summed E-state index contributed by atoms with van der Waals surface area (Å²) in [6, 6.07) is 0.146. The van der Waals surface area contributed by atoms with E-state index in [2.05, 4.69) is 21.9 Å². The van der Waals surface area contributed by atoms with Gasteiger partial charge in [-0.2, -0.15) is 5.10 Å². The summed E-state index contributed by atoms with van der Waals surface area (Å²) < 4.78 is 0. The molecule has 2 unspecified atom stereocenters. The molecule has 0 bridgehead atoms. The minimum Gasteiger partial charge on any atom is -0.349 e. The molecule has 1 heterocycles. The Bertz CT molecular complexity index is 352. The van der Waals surface area contributed by atoms with Gasteiger partial charge >= 0.3 is 0 Å². The fourth-order valence-electron chi connectivity index (χ4n) is 1.91. The summed E-state index contributed by atoms with van der Waals surface area (Å²) in [5.74, 6) is 0.537. The van der Waals surface area contributed by atoms with Crippen LogP contribution in [-0.2, 0) is 4.79 Å². The smallest absolute Gasteiger partial charge is 0.225 e. The number of carbonyl (C=O) groups is 1. The quantitative estimate of drug-likeness (QED) is 0.703. The molecule has 1 aliphatic carbocycles. The van der Waals surface area contributed by atoms with Gasteiger partial charge in [-0.05, 0) is 18.9 Å². The Balaban J connectivity index is 1.98. The first kappa shape index (κ1) is 11.2. The Kier molecular flexibility index (Phi) is 2.74. The van der Waals surface area contributed by atoms with Crippen molar-refractivity contribution in [1.29, 1.82) is 0 Å². The third-order valence-corrected chi connectivity index (χ3v) is 3.01. The average molecular weight is 221 g/mol. The molecule has 4 heteroatoms. The van der Waals surface area contributed by atoms with E-state index in [-0.39, 0.29) is 17.4 Å². The van der Waals surface area contributed by atoms with Gasteiger partial charge in [0.1, 0.15) is 0 Å². The summed E-state index contributed by atoms with van der Waals surface area (Å²) in [4.78, 5) is 11.8. The number of amides is 1. The number of fused-ring (bicyclic) bond motifs is 1. The van der Waals surface area contributed by atoms with E-state index >= 15 is 0 Å². The SMILES string of the molecule is CC(C)(C)C(=O)NC1C=C2NN=CC2CC1. The Morgan fingerprint density at radius 1 is 1.50 bits per heavy atom. The highest BCUT2D eigenvalue weighted by atomic mass is 16.2. The minimum atomic E-state index is -0.324. The predicted molar refractivity (Wildman–Crippen MR) is 63.8 cm³/mol. The van der Waals surface area contributed by atoms with E-state index in [1.165, 1.54) is 0 Å². The summed E-state index contributed by atoms with van der Waals surface area (Å²) >= 11 is 0. The van der Waals surface area contributed by atoms with Crippen LogP contribution in [0.5, 0.6) is 0 Å². The first-order valence-electron chi connectivity index (χ1n) is 5.79. The van der Waals surface area contributed by atoms with Crippen LogP contribution in [0.3, 0.4) is 0 Å². The average Bonchev–Trinajstić information content (AvgIpc) is 2.63. The molecule has 0 radical (unpaired) electrons. The molecule has 0 spiro atoms. The summed E-state index contributed by atoms with van der Waals surface area (Å²) in [5.41, 5.74) is 3.79. The van der Waals surface area contributed by atoms with E-state index in [9.17, 15) is 4.79 Å². The Morgan fingerprint density at radius 3 is 2.94 bits per heavy atom. The van der Waals surface area contributed by atoms with Crippen LogP contribution in [0.1, 0.15) is 33.6 Å². The number of hydrogen-bond donors (Lipinski definition) is 2. The minimum absolute atomic E-state index is 0.103. The third kappa shape index (κ3) is 2.26. The van der Waals surface area contributed by atoms with Crippen molar-refractivity contribution in [3.05, 3.63) is 11.8 Å². The second-order valence-electron chi connectivity index (χ2n) is 5.53. The van der Waals surface area contributed by atoms with Crippen molar-refractivity contribution in [3.63, 3.8) is 0 Å². The van der Waals surface area contributed by atoms with Crippen molar-refractivity contribution < 1.29 is 4.79 Å². The number of carbonyl (C=O) groups excluding carboxylic acids is 1. The second kappa shape index (κ2) is 3.92. The van der Waals surface area contributed by atoms with Crippen molar-refractivity contribution in [2.24, 2.45) is 16.4 Å². The lowest BCUT2D eigenvalue weighted by Crippen LogP contribution is -2.42. The van der Waals surface area contributed by atoms with E-state index in [1.807, 2.05) is 27.0 Å². The Labute approximate surface area is 96.2 Å². The van der Waals surface area contributed by atoms with Crippen LogP contribution in [0.25, 0.3) is 0 Å². The van der Waals surface area contributed by atoms with Crippen LogP contribution in [0, 0.1) is 11.3 Å². The van der Waals surface area contributed by atoms with Crippen molar-refractivity contribution in [2.45, 2.75) is 39.7 Å². The van der Waals surface area contributed by atoms with Crippen LogP contribution in [0.15, 0.2) is 16.9 Å². The number of nitrogens with zero attached hydrogens (tertiary/aromatic N) is 1. The number of allylic oxidation sites excluding steroid dienone is 1. The molecule has 0 saturated carbocycles. The van der Waals surface area contributed by atoms with Gasteiger partial charge in [0, 0.05) is 29.3 Å². The van der Waals surface area contributed by atoms with Crippen molar-refractivity contribution in [2.75, 3.05) is 0 Å². The molecule has 0 aromatic heterocycles. The number of rotatable bonds is 1. The molecule has 2 aliphatic rings. The molecule has 1 aliphatic heterocycles. The van der Waals surface area contributed by atoms with Gasteiger partial charge in [-0.3, -0.25) is 10.2 Å². The number of hydrazone groups is 1. The highest BCUT2D eigenvalue weighted by Gasteiger charge is 2.28. The molecule has 2 rings (SSSR count). The predicted octanol–water partition coefficient (Wildman–Crippen LogP) is 1.40. The van der Waals surface area contributed by atoms with E-state index in [0.717, 1.165) is 18.5 Å². The van der Waals surface area contributed by atoms with Gasteiger partial charge in [0.25, 0.3) is 0 Å². The lowest BCUT2D eigenvalue weighted by Gasteiger charge is -2.26. The first-order valence-corrected chi connectivity index (χ1v) is 5.79. The normalized spacial score (nSPS) is 28.1. The molecule has 2 atom stereocenters. The van der Waals surface area contributed by atoms with E-state index < -0.39 is 0 Å². The van der Waals surface area contributed by atoms with Crippen LogP contribution in [0.2, 0.25) is 0 Å². The molecule has 88 valence electrons. The molecule has 1 amide bonds. The zero-order chi connectivity index (χ0) is 11.8. The van der Waals surface area contributed by atoms with Crippen LogP contribution >= 0.6 is 0 Å². The molecule has 4 nitrogen and oxygen atoms in total. The zero-order valence-electron chi connectivity index (χ0n) is 10.1. The highest BCUT2D eigenvalue weighted by Crippen LogP contribution is 2.25. The van der Waals surface area contributed by atoms with Gasteiger partial charge in [-0.15, -0.1) is 0 Å². The molecule has 0 aromatic carbocycles. The number of nitrogens with one attached hydrogen (secondary N) is 2. The van der Waals surface area contributed by atoms with Crippen molar-refractivity contribution in [1.82, 2.24) is 10.7 Å². The Hall–Kier alpha value is -1.32. The topological polar surface area (TPSA) is 53.5 Å². The maximum Gasteiger partial charge on any atom is 0.225 e. The molecule has 16 heavy (non-hydrogen) atoms. The fraction of sp³-hybridized carbons (Fsp3) is 0.667. The van der Waals surface area contributed by atoms with Gasteiger partial charge in [-0.1, -0.05) is 20.8 Å². The summed E-state index contributed by atoms with van der Waals surface area (Å²) in [6.07, 6.45) is 6.07. The fourth-order valence-corrected chi connectivity index (χ4v) is 1.91. The molecule has 0 aromatic rings. The molecule has 0 saturated heterocycles. The third-order valence-electron chi connectivity index (χ3n) is 3.01. The van der Waals surface area contributed by atoms with Crippen LogP contribution in [0.4, 0.5) is 0 Å². The summed E-state index contributed by atoms with van der Waals surface area (Å²) in [5, 5.41) is 7.09. The highest BCUT2D eigenvalue weighted by molar-refractivity contribution is 5.82. The van der Waals surface area contributed by atoms with Gasteiger partial charge in [-0.25, -0.2) is 0 Å². The summed E-state index contributed by atoms with van der Waals surface area (Å²) in [6.45, 7) is 5.79.